The van der Waals surface area contributed by atoms with Crippen LogP contribution in [0.15, 0.2) is 53.5 Å². The molecule has 0 bridgehead atoms. The molecule has 3 rings (SSSR count). The predicted octanol–water partition coefficient (Wildman–Crippen LogP) is 12.2. The summed E-state index contributed by atoms with van der Waals surface area (Å²) < 4.78 is 3.01. The smallest absolute Gasteiger partial charge is 0.325 e. The molecule has 1 saturated carbocycles. The molecule has 7 atom stereocenters. The van der Waals surface area contributed by atoms with Crippen LogP contribution in [0, 0.1) is 35.0 Å². The van der Waals surface area contributed by atoms with Gasteiger partial charge in [-0.25, -0.2) is 4.79 Å². The number of allylic oxidation sites excluding steroid dienone is 3. The molecule has 0 saturated heterocycles. The Morgan fingerprint density at radius 1 is 0.932 bits per heavy atom. The largest absolute Gasteiger partial charge is 0.337 e. The minimum Gasteiger partial charge on any atom is -0.337 e. The molecule has 1 aromatic rings. The fraction of sp³-hybridized carbons (Fsp3) is 0.725. The fourth-order valence-electron chi connectivity index (χ4n) is 8.58. The average molecular weight is 623 g/mol. The van der Waals surface area contributed by atoms with Crippen LogP contribution in [-0.4, -0.2) is 12.6 Å². The van der Waals surface area contributed by atoms with Gasteiger partial charge in [0, 0.05) is 17.4 Å². The van der Waals surface area contributed by atoms with Crippen LogP contribution in [0.2, 0.25) is 0 Å². The van der Waals surface area contributed by atoms with Gasteiger partial charge >= 0.3 is 6.03 Å². The summed E-state index contributed by atoms with van der Waals surface area (Å²) in [6, 6.07) is 10.6. The topological polar surface area (TPSA) is 41.1 Å². The van der Waals surface area contributed by atoms with Crippen molar-refractivity contribution in [2.75, 3.05) is 6.54 Å². The molecule has 2 aliphatic rings. The van der Waals surface area contributed by atoms with Crippen LogP contribution in [0.5, 0.6) is 0 Å². The molecule has 4 heteroatoms. The number of benzene rings is 1. The first-order valence-corrected chi connectivity index (χ1v) is 19.3. The molecule has 2 aliphatic carbocycles. The van der Waals surface area contributed by atoms with E-state index in [9.17, 15) is 4.79 Å². The normalized spacial score (nSPS) is 25.6. The van der Waals surface area contributed by atoms with Crippen molar-refractivity contribution in [3.8, 4) is 0 Å². The lowest BCUT2D eigenvalue weighted by Gasteiger charge is -2.53. The second kappa shape index (κ2) is 19.7. The van der Waals surface area contributed by atoms with Crippen molar-refractivity contribution in [3.05, 3.63) is 59.0 Å². The van der Waals surface area contributed by atoms with Crippen molar-refractivity contribution in [2.45, 2.75) is 144 Å². The minimum atomic E-state index is -0.0757. The van der Waals surface area contributed by atoms with Gasteiger partial charge in [0.15, 0.2) is 0 Å². The van der Waals surface area contributed by atoms with Gasteiger partial charge in [-0.3, -0.25) is 4.72 Å². The number of amides is 2. The standard InChI is InChI=1S/C40H66N2OS/c1-7-10-11-13-18-31(4)23-24-35(17-8-2)38-22-16-21-37(40(38,6)9-3)32(5)29-30-41-39(43)42-44-36-27-25-34(26-28-36)33-19-14-12-15-20-33/h12,14-15,19-20,25,27-28,31-32,34-35,37-38H,7-11,13,16-18,21-24,26,29-30H2,1-6H3,(H2,41,42,43)/t31?,32-,34?,35-,37-,38?,40-/m1/s1. The van der Waals surface area contributed by atoms with Gasteiger partial charge in [-0.05, 0) is 84.6 Å². The fourth-order valence-corrected chi connectivity index (χ4v) is 9.19. The summed E-state index contributed by atoms with van der Waals surface area (Å²) in [6.07, 6.45) is 26.6. The third-order valence-corrected chi connectivity index (χ3v) is 12.2. The van der Waals surface area contributed by atoms with Gasteiger partial charge in [0.1, 0.15) is 0 Å². The lowest BCUT2D eigenvalue weighted by Crippen LogP contribution is -2.45. The van der Waals surface area contributed by atoms with Crippen LogP contribution in [0.25, 0.3) is 0 Å². The lowest BCUT2D eigenvalue weighted by molar-refractivity contribution is -0.0325. The molecule has 0 heterocycles. The predicted molar refractivity (Wildman–Crippen MR) is 194 cm³/mol. The summed E-state index contributed by atoms with van der Waals surface area (Å²) in [5.74, 6) is 4.35. The van der Waals surface area contributed by atoms with E-state index in [4.69, 9.17) is 0 Å². The molecule has 3 unspecified atom stereocenters. The van der Waals surface area contributed by atoms with E-state index in [1.807, 2.05) is 0 Å². The summed E-state index contributed by atoms with van der Waals surface area (Å²) >= 11 is 1.43. The Balaban J connectivity index is 1.45. The monoisotopic (exact) mass is 622 g/mol. The zero-order valence-electron chi connectivity index (χ0n) is 29.2. The Morgan fingerprint density at radius 2 is 1.70 bits per heavy atom. The summed E-state index contributed by atoms with van der Waals surface area (Å²) in [5.41, 5.74) is 1.74. The number of nitrogens with one attached hydrogen (secondary N) is 2. The van der Waals surface area contributed by atoms with E-state index in [1.165, 1.54) is 101 Å². The second-order valence-corrected chi connectivity index (χ2v) is 15.4. The molecule has 0 radical (unpaired) electrons. The highest BCUT2D eigenvalue weighted by Crippen LogP contribution is 2.55. The van der Waals surface area contributed by atoms with Crippen molar-refractivity contribution in [1.82, 2.24) is 10.0 Å². The summed E-state index contributed by atoms with van der Waals surface area (Å²) in [6.45, 7) is 15.5. The van der Waals surface area contributed by atoms with Gasteiger partial charge in [0.05, 0.1) is 0 Å². The molecule has 44 heavy (non-hydrogen) atoms. The Bertz CT molecular complexity index is 1010. The van der Waals surface area contributed by atoms with E-state index in [1.54, 1.807) is 0 Å². The highest BCUT2D eigenvalue weighted by molar-refractivity contribution is 8.01. The quantitative estimate of drug-likeness (QED) is 0.119. The SMILES string of the molecule is CCCCCCC(C)CC[C@@H](CCC)C1CCC[C@H]([C@H](C)CCNC(=O)NSC2=CCC(c3ccccc3)C=C2)[C@@]1(C)CC. The van der Waals surface area contributed by atoms with Crippen molar-refractivity contribution in [3.63, 3.8) is 0 Å². The summed E-state index contributed by atoms with van der Waals surface area (Å²) in [7, 11) is 0. The van der Waals surface area contributed by atoms with Crippen LogP contribution >= 0.6 is 11.9 Å². The molecular formula is C40H66N2OS. The molecule has 248 valence electrons. The van der Waals surface area contributed by atoms with Crippen molar-refractivity contribution < 1.29 is 4.79 Å². The van der Waals surface area contributed by atoms with Crippen molar-refractivity contribution in [2.24, 2.45) is 35.0 Å². The summed E-state index contributed by atoms with van der Waals surface area (Å²) in [5, 5.41) is 3.16. The molecule has 0 aliphatic heterocycles. The Hall–Kier alpha value is -1.68. The number of rotatable bonds is 19. The number of carbonyl (C=O) groups excluding carboxylic acids is 1. The van der Waals surface area contributed by atoms with Crippen molar-refractivity contribution in [1.29, 1.82) is 0 Å². The van der Waals surface area contributed by atoms with E-state index < -0.39 is 0 Å². The highest BCUT2D eigenvalue weighted by atomic mass is 32.2. The first-order chi connectivity index (χ1) is 21.3. The van der Waals surface area contributed by atoms with E-state index in [0.717, 1.165) is 48.0 Å². The Labute approximate surface area is 276 Å². The van der Waals surface area contributed by atoms with Crippen LogP contribution < -0.4 is 10.0 Å². The molecule has 2 amide bonds. The Morgan fingerprint density at radius 3 is 2.39 bits per heavy atom. The van der Waals surface area contributed by atoms with Crippen LogP contribution in [0.1, 0.15) is 149 Å². The van der Waals surface area contributed by atoms with Crippen LogP contribution in [-0.2, 0) is 0 Å². The van der Waals surface area contributed by atoms with Gasteiger partial charge in [-0.1, -0.05) is 154 Å². The van der Waals surface area contributed by atoms with Crippen LogP contribution in [0.3, 0.4) is 0 Å². The number of hydrogen-bond acceptors (Lipinski definition) is 2. The molecule has 0 aromatic heterocycles. The maximum absolute atomic E-state index is 12.7. The number of hydrogen-bond donors (Lipinski definition) is 2. The zero-order chi connectivity index (χ0) is 31.8. The molecule has 1 aromatic carbocycles. The molecular weight excluding hydrogens is 557 g/mol. The Kier molecular flexibility index (Phi) is 16.5. The molecule has 1 fully saturated rings. The first kappa shape index (κ1) is 36.8. The van der Waals surface area contributed by atoms with E-state index in [-0.39, 0.29) is 6.03 Å². The summed E-state index contributed by atoms with van der Waals surface area (Å²) in [4.78, 5) is 13.8. The maximum Gasteiger partial charge on any atom is 0.325 e. The van der Waals surface area contributed by atoms with Gasteiger partial charge in [-0.15, -0.1) is 0 Å². The van der Waals surface area contributed by atoms with Gasteiger partial charge < -0.3 is 5.32 Å². The molecule has 3 nitrogen and oxygen atoms in total. The minimum absolute atomic E-state index is 0.0757. The maximum atomic E-state index is 12.7. The van der Waals surface area contributed by atoms with E-state index in [2.05, 4.69) is 100 Å². The second-order valence-electron chi connectivity index (χ2n) is 14.5. The first-order valence-electron chi connectivity index (χ1n) is 18.5. The average Bonchev–Trinajstić information content (AvgIpc) is 3.05. The zero-order valence-corrected chi connectivity index (χ0v) is 30.0. The highest BCUT2D eigenvalue weighted by Gasteiger charge is 2.46. The van der Waals surface area contributed by atoms with Gasteiger partial charge in [0.2, 0.25) is 0 Å². The van der Waals surface area contributed by atoms with Crippen LogP contribution in [0.4, 0.5) is 4.79 Å². The number of unbranched alkanes of at least 4 members (excludes halogenated alkanes) is 3. The van der Waals surface area contributed by atoms with E-state index in [0.29, 0.717) is 17.3 Å². The lowest BCUT2D eigenvalue weighted by atomic mass is 9.52. The van der Waals surface area contributed by atoms with Crippen molar-refractivity contribution >= 4 is 18.0 Å². The third-order valence-electron chi connectivity index (χ3n) is 11.4. The third kappa shape index (κ3) is 11.3. The van der Waals surface area contributed by atoms with E-state index >= 15 is 0 Å². The van der Waals surface area contributed by atoms with Gasteiger partial charge in [-0.2, -0.15) is 0 Å². The van der Waals surface area contributed by atoms with Gasteiger partial charge in [0.25, 0.3) is 0 Å². The molecule has 2 N–H and O–H groups in total. The number of carbonyl (C=O) groups is 1. The molecule has 0 spiro atoms. The number of urea groups is 1.